The number of primary amides is 1. The Morgan fingerprint density at radius 2 is 2.10 bits per heavy atom. The minimum Gasteiger partial charge on any atom is -0.496 e. The molecule has 0 heterocycles. The van der Waals surface area contributed by atoms with Gasteiger partial charge in [-0.25, -0.2) is 0 Å². The van der Waals surface area contributed by atoms with Crippen LogP contribution in [-0.2, 0) is 9.59 Å². The molecule has 0 aromatic heterocycles. The number of hydrogen-bond acceptors (Lipinski definition) is 4. The van der Waals surface area contributed by atoms with Gasteiger partial charge in [-0.05, 0) is 40.5 Å². The molecule has 4 N–H and O–H groups in total. The Hall–Kier alpha value is -1.60. The molecule has 20 heavy (non-hydrogen) atoms. The highest BCUT2D eigenvalue weighted by Gasteiger charge is 2.10. The summed E-state index contributed by atoms with van der Waals surface area (Å²) in [4.78, 5) is 22.0. The van der Waals surface area contributed by atoms with Crippen molar-refractivity contribution >= 4 is 27.7 Å². The average molecular weight is 344 g/mol. The fourth-order valence-corrected chi connectivity index (χ4v) is 2.12. The number of methoxy groups -OCH3 is 1. The first kappa shape index (κ1) is 16.5. The van der Waals surface area contributed by atoms with E-state index >= 15 is 0 Å². The first-order valence-corrected chi connectivity index (χ1v) is 6.85. The molecule has 6 nitrogen and oxygen atoms in total. The zero-order valence-electron chi connectivity index (χ0n) is 11.4. The first-order chi connectivity index (χ1) is 9.43. The van der Waals surface area contributed by atoms with Gasteiger partial charge in [0.15, 0.2) is 0 Å². The predicted octanol–water partition coefficient (Wildman–Crippen LogP) is 0.710. The van der Waals surface area contributed by atoms with Crippen molar-refractivity contribution in [2.45, 2.75) is 13.0 Å². The van der Waals surface area contributed by atoms with Crippen LogP contribution in [0, 0.1) is 0 Å². The van der Waals surface area contributed by atoms with Gasteiger partial charge < -0.3 is 21.1 Å². The normalized spacial score (nSPS) is 11.8. The summed E-state index contributed by atoms with van der Waals surface area (Å²) in [5, 5.41) is 5.47. The third kappa shape index (κ3) is 5.18. The van der Waals surface area contributed by atoms with Crippen molar-refractivity contribution in [2.24, 2.45) is 5.73 Å². The van der Waals surface area contributed by atoms with Gasteiger partial charge in [0.25, 0.3) is 0 Å². The van der Waals surface area contributed by atoms with Crippen LogP contribution in [0.25, 0.3) is 0 Å². The predicted molar refractivity (Wildman–Crippen MR) is 79.3 cm³/mol. The highest BCUT2D eigenvalue weighted by Crippen LogP contribution is 2.27. The van der Waals surface area contributed by atoms with Crippen LogP contribution in [0.1, 0.15) is 18.5 Å². The van der Waals surface area contributed by atoms with Crippen LogP contribution in [0.5, 0.6) is 5.75 Å². The largest absolute Gasteiger partial charge is 0.496 e. The maximum atomic E-state index is 11.4. The van der Waals surface area contributed by atoms with Crippen molar-refractivity contribution in [1.29, 1.82) is 0 Å². The summed E-state index contributed by atoms with van der Waals surface area (Å²) in [6, 6.07) is 5.68. The summed E-state index contributed by atoms with van der Waals surface area (Å²) in [5.41, 5.74) is 5.95. The van der Waals surface area contributed by atoms with Crippen LogP contribution in [-0.4, -0.2) is 32.0 Å². The lowest BCUT2D eigenvalue weighted by Crippen LogP contribution is -2.39. The molecular weight excluding hydrogens is 326 g/mol. The summed E-state index contributed by atoms with van der Waals surface area (Å²) in [6.45, 7) is 1.90. The van der Waals surface area contributed by atoms with Gasteiger partial charge in [0.05, 0.1) is 24.7 Å². The SMILES string of the molecule is COc1ccc([C@H](C)NCC(=O)NCC(N)=O)cc1Br. The molecule has 0 saturated heterocycles. The molecule has 0 saturated carbocycles. The Morgan fingerprint density at radius 3 is 2.65 bits per heavy atom. The van der Waals surface area contributed by atoms with E-state index in [0.29, 0.717) is 0 Å². The molecule has 1 aromatic carbocycles. The number of nitrogens with two attached hydrogens (primary N) is 1. The Kier molecular flexibility index (Phi) is 6.47. The van der Waals surface area contributed by atoms with Gasteiger partial charge in [0.1, 0.15) is 5.75 Å². The molecule has 7 heteroatoms. The average Bonchev–Trinajstić information content (AvgIpc) is 2.42. The van der Waals surface area contributed by atoms with Gasteiger partial charge in [-0.1, -0.05) is 6.07 Å². The standard InChI is InChI=1S/C13H18BrN3O3/c1-8(16-7-13(19)17-6-12(15)18)9-3-4-11(20-2)10(14)5-9/h3-5,8,16H,6-7H2,1-2H3,(H2,15,18)(H,17,19)/t8-/m0/s1. The minimum absolute atomic E-state index is 0.0171. The number of hydrogen-bond donors (Lipinski definition) is 3. The van der Waals surface area contributed by atoms with Crippen LogP contribution in [0.15, 0.2) is 22.7 Å². The summed E-state index contributed by atoms with van der Waals surface area (Å²) < 4.78 is 6.01. The van der Waals surface area contributed by atoms with Crippen molar-refractivity contribution in [2.75, 3.05) is 20.2 Å². The molecule has 0 radical (unpaired) electrons. The van der Waals surface area contributed by atoms with E-state index in [2.05, 4.69) is 26.6 Å². The molecule has 1 aromatic rings. The Bertz CT molecular complexity index is 494. The summed E-state index contributed by atoms with van der Waals surface area (Å²) in [5.74, 6) is -0.0890. The van der Waals surface area contributed by atoms with Crippen LogP contribution in [0.2, 0.25) is 0 Å². The molecule has 0 spiro atoms. The van der Waals surface area contributed by atoms with E-state index < -0.39 is 5.91 Å². The van der Waals surface area contributed by atoms with Gasteiger partial charge in [-0.3, -0.25) is 9.59 Å². The third-order valence-electron chi connectivity index (χ3n) is 2.70. The van der Waals surface area contributed by atoms with Crippen LogP contribution in [0.3, 0.4) is 0 Å². The molecule has 1 rings (SSSR count). The number of halogens is 1. The Balaban J connectivity index is 2.50. The molecule has 1 atom stereocenters. The number of ether oxygens (including phenoxy) is 1. The summed E-state index contributed by atoms with van der Waals surface area (Å²) >= 11 is 3.41. The minimum atomic E-state index is -0.564. The molecule has 0 bridgehead atoms. The van der Waals surface area contributed by atoms with Crippen LogP contribution >= 0.6 is 15.9 Å². The maximum absolute atomic E-state index is 11.4. The lowest BCUT2D eigenvalue weighted by atomic mass is 10.1. The van der Waals surface area contributed by atoms with Gasteiger partial charge in [-0.15, -0.1) is 0 Å². The maximum Gasteiger partial charge on any atom is 0.236 e. The molecule has 0 aliphatic heterocycles. The number of nitrogens with one attached hydrogen (secondary N) is 2. The fourth-order valence-electron chi connectivity index (χ4n) is 1.56. The van der Waals surface area contributed by atoms with Gasteiger partial charge in [0, 0.05) is 6.04 Å². The van der Waals surface area contributed by atoms with Gasteiger partial charge >= 0.3 is 0 Å². The van der Waals surface area contributed by atoms with Crippen molar-refractivity contribution in [3.63, 3.8) is 0 Å². The molecular formula is C13H18BrN3O3. The van der Waals surface area contributed by atoms with Crippen LogP contribution < -0.4 is 21.1 Å². The number of benzene rings is 1. The summed E-state index contributed by atoms with van der Waals surface area (Å²) in [7, 11) is 1.60. The molecule has 0 unspecified atom stereocenters. The van der Waals surface area contributed by atoms with E-state index in [-0.39, 0.29) is 25.0 Å². The monoisotopic (exact) mass is 343 g/mol. The second-order valence-electron chi connectivity index (χ2n) is 4.24. The molecule has 0 fully saturated rings. The molecule has 0 aliphatic rings. The van der Waals surface area contributed by atoms with Crippen molar-refractivity contribution in [3.8, 4) is 5.75 Å². The Labute approximate surface area is 126 Å². The van der Waals surface area contributed by atoms with E-state index in [9.17, 15) is 9.59 Å². The lowest BCUT2D eigenvalue weighted by molar-refractivity contribution is -0.124. The lowest BCUT2D eigenvalue weighted by Gasteiger charge is -2.15. The quantitative estimate of drug-likeness (QED) is 0.679. The van der Waals surface area contributed by atoms with Crippen molar-refractivity contribution in [1.82, 2.24) is 10.6 Å². The highest BCUT2D eigenvalue weighted by molar-refractivity contribution is 9.10. The number of rotatable bonds is 7. The van der Waals surface area contributed by atoms with Crippen LogP contribution in [0.4, 0.5) is 0 Å². The second-order valence-corrected chi connectivity index (χ2v) is 5.09. The van der Waals surface area contributed by atoms with Gasteiger partial charge in [-0.2, -0.15) is 0 Å². The van der Waals surface area contributed by atoms with Gasteiger partial charge in [0.2, 0.25) is 11.8 Å². The van der Waals surface area contributed by atoms with E-state index in [1.54, 1.807) is 7.11 Å². The van der Waals surface area contributed by atoms with E-state index in [1.165, 1.54) is 0 Å². The van der Waals surface area contributed by atoms with Crippen molar-refractivity contribution < 1.29 is 14.3 Å². The fraction of sp³-hybridized carbons (Fsp3) is 0.385. The smallest absolute Gasteiger partial charge is 0.236 e. The highest BCUT2D eigenvalue weighted by atomic mass is 79.9. The number of carbonyl (C=O) groups excluding carboxylic acids is 2. The molecule has 0 aliphatic carbocycles. The number of carbonyl (C=O) groups is 2. The molecule has 110 valence electrons. The van der Waals surface area contributed by atoms with Crippen molar-refractivity contribution in [3.05, 3.63) is 28.2 Å². The van der Waals surface area contributed by atoms with E-state index in [1.807, 2.05) is 25.1 Å². The topological polar surface area (TPSA) is 93.4 Å². The zero-order chi connectivity index (χ0) is 15.1. The second kappa shape index (κ2) is 7.86. The molecule has 2 amide bonds. The Morgan fingerprint density at radius 1 is 1.40 bits per heavy atom. The zero-order valence-corrected chi connectivity index (χ0v) is 13.0. The number of amides is 2. The summed E-state index contributed by atoms with van der Waals surface area (Å²) in [6.07, 6.45) is 0. The third-order valence-corrected chi connectivity index (χ3v) is 3.32. The first-order valence-electron chi connectivity index (χ1n) is 6.06. The van der Waals surface area contributed by atoms with E-state index in [0.717, 1.165) is 15.8 Å². The van der Waals surface area contributed by atoms with E-state index in [4.69, 9.17) is 10.5 Å².